The molecule has 1 rings (SSSR count). The molecule has 0 aromatic heterocycles. The second-order valence-corrected chi connectivity index (χ2v) is 4.68. The first-order chi connectivity index (χ1) is 6.52. The van der Waals surface area contributed by atoms with Crippen LogP contribution in [0.15, 0.2) is 24.3 Å². The number of carbonyl (C=O) groups excluding carboxylic acids is 1. The van der Waals surface area contributed by atoms with Crippen molar-refractivity contribution in [1.29, 1.82) is 0 Å². The van der Waals surface area contributed by atoms with Crippen molar-refractivity contribution in [2.24, 2.45) is 0 Å². The molecule has 0 amide bonds. The van der Waals surface area contributed by atoms with E-state index >= 15 is 0 Å². The van der Waals surface area contributed by atoms with E-state index in [1.807, 2.05) is 0 Å². The average molecular weight is 272 g/mol. The van der Waals surface area contributed by atoms with Crippen LogP contribution in [0, 0.1) is 0 Å². The van der Waals surface area contributed by atoms with Crippen molar-refractivity contribution in [2.75, 3.05) is 0 Å². The summed E-state index contributed by atoms with van der Waals surface area (Å²) in [6.45, 7) is 0. The minimum Gasteiger partial charge on any atom is -0.292 e. The Morgan fingerprint density at radius 1 is 1.07 bits per heavy atom. The molecule has 0 bridgehead atoms. The van der Waals surface area contributed by atoms with Gasteiger partial charge >= 0.3 is 0 Å². The maximum atomic E-state index is 11.6. The molecule has 1 nitrogen and oxygen atoms in total. The molecule has 1 aromatic carbocycles. The van der Waals surface area contributed by atoms with Gasteiger partial charge in [-0.1, -0.05) is 11.6 Å². The summed E-state index contributed by atoms with van der Waals surface area (Å²) in [5, 5.41) is -0.375. The summed E-state index contributed by atoms with van der Waals surface area (Å²) >= 11 is 22.3. The molecule has 0 fully saturated rings. The molecule has 76 valence electrons. The van der Waals surface area contributed by atoms with Gasteiger partial charge in [0.2, 0.25) is 0 Å². The Balaban J connectivity index is 2.84. The molecule has 0 radical (unpaired) electrons. The zero-order valence-electron chi connectivity index (χ0n) is 6.88. The van der Waals surface area contributed by atoms with E-state index in [1.165, 1.54) is 0 Å². The van der Waals surface area contributed by atoms with Crippen LogP contribution >= 0.6 is 46.4 Å². The summed E-state index contributed by atoms with van der Waals surface area (Å²) in [7, 11) is 0. The molecule has 0 aliphatic rings. The van der Waals surface area contributed by atoms with E-state index in [1.54, 1.807) is 24.3 Å². The van der Waals surface area contributed by atoms with Crippen molar-refractivity contribution < 1.29 is 4.79 Å². The highest BCUT2D eigenvalue weighted by Crippen LogP contribution is 2.20. The summed E-state index contributed by atoms with van der Waals surface area (Å²) in [6, 6.07) is 6.37. The number of rotatable bonds is 3. The van der Waals surface area contributed by atoms with Gasteiger partial charge in [-0.2, -0.15) is 0 Å². The number of Topliss-reactive ketones (excluding diaryl/α,β-unsaturated/α-hetero) is 1. The third-order valence-electron chi connectivity index (χ3n) is 1.60. The number of ketones is 1. The van der Waals surface area contributed by atoms with E-state index in [0.717, 1.165) is 0 Å². The van der Waals surface area contributed by atoms with Gasteiger partial charge in [0.05, 0.1) is 0 Å². The number of hydrogen-bond donors (Lipinski definition) is 0. The SMILES string of the molecule is O=C(c1ccc(Cl)cc1)C(Cl)C(Cl)Cl. The highest BCUT2D eigenvalue weighted by molar-refractivity contribution is 6.52. The van der Waals surface area contributed by atoms with Crippen LogP contribution in [-0.2, 0) is 0 Å². The third kappa shape index (κ3) is 3.03. The Hall–Kier alpha value is 0.0500. The molecule has 0 saturated heterocycles. The summed E-state index contributed by atoms with van der Waals surface area (Å²) in [5.41, 5.74) is 0.445. The van der Waals surface area contributed by atoms with Crippen LogP contribution in [0.2, 0.25) is 5.02 Å². The molecule has 0 aliphatic carbocycles. The molecule has 0 heterocycles. The molecule has 1 aromatic rings. The molecule has 0 N–H and O–H groups in total. The Morgan fingerprint density at radius 3 is 2.00 bits per heavy atom. The Kier molecular flexibility index (Phi) is 4.52. The van der Waals surface area contributed by atoms with Gasteiger partial charge in [0.25, 0.3) is 0 Å². The number of carbonyl (C=O) groups is 1. The fourth-order valence-electron chi connectivity index (χ4n) is 0.888. The normalized spacial score (nSPS) is 12.9. The summed E-state index contributed by atoms with van der Waals surface area (Å²) in [4.78, 5) is 10.6. The standard InChI is InChI=1S/C9H6Cl4O/c10-6-3-1-5(2-4-6)8(14)7(11)9(12)13/h1-4,7,9H. The Bertz CT molecular complexity index is 320. The van der Waals surface area contributed by atoms with Crippen molar-refractivity contribution in [3.05, 3.63) is 34.9 Å². The molecule has 1 unspecified atom stereocenters. The number of benzene rings is 1. The predicted molar refractivity (Wildman–Crippen MR) is 60.9 cm³/mol. The number of hydrogen-bond acceptors (Lipinski definition) is 1. The van der Waals surface area contributed by atoms with Gasteiger partial charge in [0, 0.05) is 10.6 Å². The largest absolute Gasteiger partial charge is 0.292 e. The molecular formula is C9H6Cl4O. The van der Waals surface area contributed by atoms with E-state index in [-0.39, 0.29) is 5.78 Å². The van der Waals surface area contributed by atoms with Crippen LogP contribution in [0.4, 0.5) is 0 Å². The van der Waals surface area contributed by atoms with E-state index in [9.17, 15) is 4.79 Å². The first kappa shape index (κ1) is 12.1. The fraction of sp³-hybridized carbons (Fsp3) is 0.222. The summed E-state index contributed by atoms with van der Waals surface area (Å²) in [6.07, 6.45) is 0. The first-order valence-electron chi connectivity index (χ1n) is 3.74. The lowest BCUT2D eigenvalue weighted by atomic mass is 10.1. The second kappa shape index (κ2) is 5.22. The van der Waals surface area contributed by atoms with Crippen molar-refractivity contribution in [2.45, 2.75) is 10.2 Å². The minimum absolute atomic E-state index is 0.307. The van der Waals surface area contributed by atoms with Crippen molar-refractivity contribution >= 4 is 52.2 Å². The molecule has 5 heteroatoms. The Labute approximate surface area is 102 Å². The van der Waals surface area contributed by atoms with E-state index in [0.29, 0.717) is 10.6 Å². The predicted octanol–water partition coefficient (Wildman–Crippen LogP) is 3.93. The lowest BCUT2D eigenvalue weighted by Gasteiger charge is -2.08. The average Bonchev–Trinajstić information content (AvgIpc) is 2.16. The van der Waals surface area contributed by atoms with Gasteiger partial charge < -0.3 is 0 Å². The highest BCUT2D eigenvalue weighted by atomic mass is 35.5. The monoisotopic (exact) mass is 270 g/mol. The third-order valence-corrected chi connectivity index (χ3v) is 3.06. The van der Waals surface area contributed by atoms with Gasteiger partial charge in [-0.3, -0.25) is 4.79 Å². The lowest BCUT2D eigenvalue weighted by Crippen LogP contribution is -2.21. The minimum atomic E-state index is -0.931. The lowest BCUT2D eigenvalue weighted by molar-refractivity contribution is 0.0990. The number of alkyl halides is 3. The molecular weight excluding hydrogens is 266 g/mol. The molecule has 1 atom stereocenters. The second-order valence-electron chi connectivity index (χ2n) is 2.61. The van der Waals surface area contributed by atoms with Gasteiger partial charge in [0.1, 0.15) is 10.2 Å². The van der Waals surface area contributed by atoms with E-state index < -0.39 is 10.2 Å². The topological polar surface area (TPSA) is 17.1 Å². The van der Waals surface area contributed by atoms with Gasteiger partial charge in [-0.25, -0.2) is 0 Å². The Morgan fingerprint density at radius 2 is 1.57 bits per heavy atom. The van der Waals surface area contributed by atoms with E-state index in [2.05, 4.69) is 0 Å². The van der Waals surface area contributed by atoms with Crippen LogP contribution in [0.1, 0.15) is 10.4 Å². The zero-order chi connectivity index (χ0) is 10.7. The molecule has 0 spiro atoms. The van der Waals surface area contributed by atoms with Gasteiger partial charge in [-0.05, 0) is 24.3 Å². The maximum Gasteiger partial charge on any atom is 0.183 e. The smallest absolute Gasteiger partial charge is 0.183 e. The summed E-state index contributed by atoms with van der Waals surface area (Å²) in [5.74, 6) is -0.307. The van der Waals surface area contributed by atoms with Crippen molar-refractivity contribution in [3.8, 4) is 0 Å². The van der Waals surface area contributed by atoms with Crippen LogP contribution in [0.3, 0.4) is 0 Å². The van der Waals surface area contributed by atoms with Crippen LogP contribution < -0.4 is 0 Å². The van der Waals surface area contributed by atoms with E-state index in [4.69, 9.17) is 46.4 Å². The number of halogens is 4. The van der Waals surface area contributed by atoms with Crippen LogP contribution in [0.5, 0.6) is 0 Å². The van der Waals surface area contributed by atoms with Crippen LogP contribution in [-0.4, -0.2) is 16.0 Å². The molecule has 0 saturated carbocycles. The fourth-order valence-corrected chi connectivity index (χ4v) is 1.37. The highest BCUT2D eigenvalue weighted by Gasteiger charge is 2.23. The van der Waals surface area contributed by atoms with Crippen LogP contribution in [0.25, 0.3) is 0 Å². The quantitative estimate of drug-likeness (QED) is 0.601. The van der Waals surface area contributed by atoms with Crippen molar-refractivity contribution in [1.82, 2.24) is 0 Å². The van der Waals surface area contributed by atoms with Gasteiger partial charge in [-0.15, -0.1) is 34.8 Å². The first-order valence-corrected chi connectivity index (χ1v) is 5.43. The summed E-state index contributed by atoms with van der Waals surface area (Å²) < 4.78 is 0. The zero-order valence-corrected chi connectivity index (χ0v) is 9.91. The maximum absolute atomic E-state index is 11.6. The molecule has 0 aliphatic heterocycles. The molecule has 14 heavy (non-hydrogen) atoms. The van der Waals surface area contributed by atoms with Gasteiger partial charge in [0.15, 0.2) is 5.78 Å². The van der Waals surface area contributed by atoms with Crippen molar-refractivity contribution in [3.63, 3.8) is 0 Å².